The van der Waals surface area contributed by atoms with E-state index >= 15 is 0 Å². The first-order chi connectivity index (χ1) is 16.1. The molecule has 2 heterocycles. The van der Waals surface area contributed by atoms with Crippen molar-refractivity contribution in [2.24, 2.45) is 0 Å². The second-order valence-corrected chi connectivity index (χ2v) is 8.59. The lowest BCUT2D eigenvalue weighted by atomic mass is 10.2. The van der Waals surface area contributed by atoms with Crippen LogP contribution in [-0.2, 0) is 12.7 Å². The highest BCUT2D eigenvalue weighted by Crippen LogP contribution is 2.30. The number of amides is 1. The van der Waals surface area contributed by atoms with E-state index in [4.69, 9.17) is 11.6 Å². The number of benzene rings is 2. The average molecular weight is 491 g/mol. The number of piperazine rings is 1. The number of rotatable bonds is 4. The molecule has 0 bridgehead atoms. The van der Waals surface area contributed by atoms with Gasteiger partial charge in [-0.1, -0.05) is 29.8 Å². The molecule has 1 aliphatic rings. The number of carbonyl (C=O) groups is 1. The van der Waals surface area contributed by atoms with Gasteiger partial charge in [0, 0.05) is 49.5 Å². The van der Waals surface area contributed by atoms with E-state index in [0.717, 1.165) is 17.7 Å². The summed E-state index contributed by atoms with van der Waals surface area (Å²) in [5.41, 5.74) is -0.158. The van der Waals surface area contributed by atoms with E-state index in [1.807, 2.05) is 24.3 Å². The molecule has 1 fully saturated rings. The van der Waals surface area contributed by atoms with Gasteiger partial charge in [-0.2, -0.15) is 18.3 Å². The Morgan fingerprint density at radius 1 is 1.03 bits per heavy atom. The Hall–Kier alpha value is -3.17. The van der Waals surface area contributed by atoms with Crippen LogP contribution in [0.1, 0.15) is 27.3 Å². The van der Waals surface area contributed by atoms with Gasteiger partial charge in [0.25, 0.3) is 5.91 Å². The van der Waals surface area contributed by atoms with Gasteiger partial charge in [0.05, 0.1) is 11.3 Å². The molecule has 0 saturated carbocycles. The third-order valence-electron chi connectivity index (χ3n) is 5.71. The second kappa shape index (κ2) is 9.60. The molecule has 34 heavy (non-hydrogen) atoms. The molecule has 0 radical (unpaired) electrons. The van der Waals surface area contributed by atoms with Gasteiger partial charge in [-0.15, -0.1) is 0 Å². The average Bonchev–Trinajstić information content (AvgIpc) is 2.80. The molecule has 4 rings (SSSR count). The fourth-order valence-corrected chi connectivity index (χ4v) is 4.00. The minimum Gasteiger partial charge on any atom is -0.335 e. The Balaban J connectivity index is 1.51. The van der Waals surface area contributed by atoms with Crippen LogP contribution in [-0.4, -0.2) is 51.7 Å². The molecule has 178 valence electrons. The third-order valence-corrected chi connectivity index (χ3v) is 5.96. The minimum atomic E-state index is -4.52. The molecular formula is C24H22ClF3N4O2. The largest absolute Gasteiger partial charge is 0.416 e. The van der Waals surface area contributed by atoms with Crippen molar-refractivity contribution < 1.29 is 18.0 Å². The van der Waals surface area contributed by atoms with Crippen LogP contribution in [0.3, 0.4) is 0 Å². The molecule has 1 saturated heterocycles. The van der Waals surface area contributed by atoms with Crippen molar-refractivity contribution in [3.8, 4) is 5.69 Å². The number of aromatic nitrogens is 2. The quantitative estimate of drug-likeness (QED) is 0.551. The first-order valence-electron chi connectivity index (χ1n) is 10.7. The Labute approximate surface area is 199 Å². The summed E-state index contributed by atoms with van der Waals surface area (Å²) in [6.45, 7) is 4.31. The van der Waals surface area contributed by atoms with Gasteiger partial charge in [0.1, 0.15) is 0 Å². The van der Waals surface area contributed by atoms with Crippen LogP contribution in [0.25, 0.3) is 5.69 Å². The van der Waals surface area contributed by atoms with Gasteiger partial charge in [-0.3, -0.25) is 14.5 Å². The van der Waals surface area contributed by atoms with Crippen molar-refractivity contribution in [2.45, 2.75) is 19.6 Å². The Morgan fingerprint density at radius 3 is 2.35 bits per heavy atom. The van der Waals surface area contributed by atoms with Crippen molar-refractivity contribution in [1.82, 2.24) is 19.6 Å². The lowest BCUT2D eigenvalue weighted by molar-refractivity contribution is -0.137. The van der Waals surface area contributed by atoms with Gasteiger partial charge in [0.2, 0.25) is 5.43 Å². The molecular weight excluding hydrogens is 469 g/mol. The van der Waals surface area contributed by atoms with Crippen molar-refractivity contribution >= 4 is 17.5 Å². The molecule has 3 aromatic rings. The molecule has 0 aliphatic carbocycles. The zero-order valence-corrected chi connectivity index (χ0v) is 19.1. The molecule has 0 atom stereocenters. The molecule has 0 spiro atoms. The lowest BCUT2D eigenvalue weighted by Crippen LogP contribution is -2.49. The van der Waals surface area contributed by atoms with Gasteiger partial charge in [-0.25, -0.2) is 4.68 Å². The van der Waals surface area contributed by atoms with Gasteiger partial charge < -0.3 is 4.90 Å². The van der Waals surface area contributed by atoms with Crippen LogP contribution in [0.2, 0.25) is 5.02 Å². The summed E-state index contributed by atoms with van der Waals surface area (Å²) < 4.78 is 40.6. The van der Waals surface area contributed by atoms with Crippen LogP contribution in [0, 0.1) is 6.92 Å². The number of carbonyl (C=O) groups excluding carboxylic acids is 1. The summed E-state index contributed by atoms with van der Waals surface area (Å²) in [5, 5.41) is 4.82. The third kappa shape index (κ3) is 5.31. The van der Waals surface area contributed by atoms with Crippen LogP contribution in [0.15, 0.2) is 59.4 Å². The van der Waals surface area contributed by atoms with E-state index < -0.39 is 23.1 Å². The number of alkyl halides is 3. The standard InChI is InChI=1S/C24H22ClF3N4O2/c1-16-13-21(33)22(29-32(16)20-4-2-3-18(14-20)24(26,27)28)23(34)31-11-9-30(10-12-31)15-17-5-7-19(25)8-6-17/h2-8,13-14H,9-12,15H2,1H3. The van der Waals surface area contributed by atoms with Crippen LogP contribution in [0.4, 0.5) is 13.2 Å². The zero-order valence-electron chi connectivity index (χ0n) is 18.3. The molecule has 0 unspecified atom stereocenters. The summed E-state index contributed by atoms with van der Waals surface area (Å²) in [6, 6.07) is 13.4. The van der Waals surface area contributed by atoms with E-state index in [0.29, 0.717) is 43.4 Å². The van der Waals surface area contributed by atoms with Crippen LogP contribution in [0.5, 0.6) is 0 Å². The van der Waals surface area contributed by atoms with Gasteiger partial charge >= 0.3 is 6.18 Å². The van der Waals surface area contributed by atoms with Gasteiger partial charge in [0.15, 0.2) is 5.69 Å². The Morgan fingerprint density at radius 2 is 1.71 bits per heavy atom. The summed E-state index contributed by atoms with van der Waals surface area (Å²) >= 11 is 5.93. The van der Waals surface area contributed by atoms with Crippen LogP contribution >= 0.6 is 11.6 Å². The molecule has 6 nitrogen and oxygen atoms in total. The Kier molecular flexibility index (Phi) is 6.77. The van der Waals surface area contributed by atoms with E-state index in [-0.39, 0.29) is 11.4 Å². The number of aryl methyl sites for hydroxylation is 1. The first kappa shape index (κ1) is 24.0. The number of hydrogen-bond donors (Lipinski definition) is 0. The number of hydrogen-bond acceptors (Lipinski definition) is 4. The molecule has 2 aromatic carbocycles. The van der Waals surface area contributed by atoms with E-state index in [9.17, 15) is 22.8 Å². The zero-order chi connectivity index (χ0) is 24.5. The first-order valence-corrected chi connectivity index (χ1v) is 11.0. The highest BCUT2D eigenvalue weighted by Gasteiger charge is 2.31. The maximum Gasteiger partial charge on any atom is 0.416 e. The summed E-state index contributed by atoms with van der Waals surface area (Å²) in [7, 11) is 0. The maximum atomic E-state index is 13.1. The second-order valence-electron chi connectivity index (χ2n) is 8.15. The maximum absolute atomic E-state index is 13.1. The number of halogens is 4. The van der Waals surface area contributed by atoms with Crippen molar-refractivity contribution in [3.63, 3.8) is 0 Å². The highest BCUT2D eigenvalue weighted by atomic mass is 35.5. The van der Waals surface area contributed by atoms with E-state index in [2.05, 4.69) is 10.00 Å². The normalized spacial score (nSPS) is 14.9. The SMILES string of the molecule is Cc1cc(=O)c(C(=O)N2CCN(Cc3ccc(Cl)cc3)CC2)nn1-c1cccc(C(F)(F)F)c1. The van der Waals surface area contributed by atoms with Crippen molar-refractivity contribution in [2.75, 3.05) is 26.2 Å². The monoisotopic (exact) mass is 490 g/mol. The smallest absolute Gasteiger partial charge is 0.335 e. The van der Waals surface area contributed by atoms with Gasteiger partial charge in [-0.05, 0) is 42.8 Å². The molecule has 1 amide bonds. The molecule has 1 aromatic heterocycles. The van der Waals surface area contributed by atoms with Crippen molar-refractivity contribution in [3.05, 3.63) is 92.4 Å². The Bertz CT molecular complexity index is 1250. The molecule has 1 aliphatic heterocycles. The lowest BCUT2D eigenvalue weighted by Gasteiger charge is -2.34. The topological polar surface area (TPSA) is 58.4 Å². The highest BCUT2D eigenvalue weighted by molar-refractivity contribution is 6.30. The fourth-order valence-electron chi connectivity index (χ4n) is 3.88. The predicted molar refractivity (Wildman–Crippen MR) is 122 cm³/mol. The summed E-state index contributed by atoms with van der Waals surface area (Å²) in [5.74, 6) is -0.531. The predicted octanol–water partition coefficient (Wildman–Crippen LogP) is 4.17. The number of nitrogens with zero attached hydrogens (tertiary/aromatic N) is 4. The minimum absolute atomic E-state index is 0.120. The summed E-state index contributed by atoms with van der Waals surface area (Å²) in [6.07, 6.45) is -4.52. The van der Waals surface area contributed by atoms with Crippen LogP contribution < -0.4 is 5.43 Å². The molecule has 0 N–H and O–H groups in total. The van der Waals surface area contributed by atoms with Crippen molar-refractivity contribution in [1.29, 1.82) is 0 Å². The van der Waals surface area contributed by atoms with E-state index in [1.165, 1.54) is 22.9 Å². The van der Waals surface area contributed by atoms with E-state index in [1.54, 1.807) is 11.8 Å². The summed E-state index contributed by atoms with van der Waals surface area (Å²) in [4.78, 5) is 29.4. The fraction of sp³-hybridized carbons (Fsp3) is 0.292. The molecule has 10 heteroatoms.